The number of aromatic nitrogens is 12. The molecule has 0 amide bonds. The molecule has 0 aliphatic heterocycles. The van der Waals surface area contributed by atoms with Gasteiger partial charge in [0.15, 0.2) is 0 Å². The van der Waals surface area contributed by atoms with Crippen molar-refractivity contribution in [3.05, 3.63) is 509 Å². The lowest BCUT2D eigenvalue weighted by molar-refractivity contribution is 1.01. The average Bonchev–Trinajstić information content (AvgIpc) is 1.45. The molecule has 33 rings (SSSR count). The van der Waals surface area contributed by atoms with Gasteiger partial charge in [-0.3, -0.25) is 13.7 Å². The summed E-state index contributed by atoms with van der Waals surface area (Å²) < 4.78 is 74.3. The number of rotatable bonds is 9. The van der Waals surface area contributed by atoms with Crippen LogP contribution in [0.3, 0.4) is 0 Å². The van der Waals surface area contributed by atoms with Gasteiger partial charge in [0.25, 0.3) is 0 Å². The summed E-state index contributed by atoms with van der Waals surface area (Å²) in [6.07, 6.45) is 0. The molecule has 150 heavy (non-hydrogen) atoms. The fourth-order valence-electron chi connectivity index (χ4n) is 23.6. The van der Waals surface area contributed by atoms with E-state index in [4.69, 9.17) is 39.5 Å². The van der Waals surface area contributed by atoms with Gasteiger partial charge < -0.3 is 13.7 Å². The monoisotopic (exact) mass is 1920 g/mol. The molecule has 12 heteroatoms. The standard InChI is InChI=1S/3C46H28N4/c1-2-14-31-28-44-38(26-30(31)13-1)35-18-7-10-22-42(35)50(44)46-47-39-20-8-5-19-36(39)45(48-46)32-24-25-43-37(27-32)34-17-6-9-21-41(34)49(43)40-23-11-15-29-12-3-4-16-33(29)40;1-2-14-31-27-44-38(26-30(31)13-1)35-18-7-10-22-42(35)50(44)46-47-39-20-8-5-19-37(39)45(48-46)32-24-25-36-34-17-6-9-21-41(34)49(43(36)28-32)40-23-11-15-29-12-3-4-16-33(29)40;1-2-12-30-25-34(23-21-29(30)11-1)49-41-19-9-6-15-35(41)37-24-22-33(28-43(37)49)45-38-17-5-8-18-40(38)47-46(48-45)50-42-20-10-7-16-36(42)39-26-31-13-3-4-14-32(31)27-44(39)50/h3*1-28H/i3D,4D,11D,12D,15D,16D,23D;;. The minimum absolute atomic E-state index is 0.0316. The Balaban J connectivity index is 0.000000105. The van der Waals surface area contributed by atoms with E-state index in [1.165, 1.54) is 97.2 Å². The van der Waals surface area contributed by atoms with E-state index in [0.717, 1.165) is 154 Å². The van der Waals surface area contributed by atoms with Crippen LogP contribution < -0.4 is 0 Å². The van der Waals surface area contributed by atoms with Gasteiger partial charge in [-0.05, 0) is 193 Å². The van der Waals surface area contributed by atoms with Gasteiger partial charge in [-0.25, -0.2) is 29.9 Å². The predicted octanol–water partition coefficient (Wildman–Crippen LogP) is 35.4. The van der Waals surface area contributed by atoms with Crippen LogP contribution in [0.1, 0.15) is 9.60 Å². The van der Waals surface area contributed by atoms with Crippen LogP contribution >= 0.6 is 0 Å². The van der Waals surface area contributed by atoms with E-state index in [-0.39, 0.29) is 28.5 Å². The first-order valence-electron chi connectivity index (χ1n) is 54.0. The third-order valence-electron chi connectivity index (χ3n) is 30.3. The molecule has 0 bridgehead atoms. The Labute approximate surface area is 867 Å². The van der Waals surface area contributed by atoms with E-state index in [1.807, 2.05) is 78.9 Å². The van der Waals surface area contributed by atoms with Gasteiger partial charge in [0.2, 0.25) is 17.8 Å². The maximum atomic E-state index is 9.15. The Hall–Kier alpha value is -20.3. The van der Waals surface area contributed by atoms with Crippen molar-refractivity contribution in [3.8, 4) is 68.7 Å². The molecule has 0 fully saturated rings. The molecule has 0 unspecified atom stereocenters. The minimum Gasteiger partial charge on any atom is -0.309 e. The summed E-state index contributed by atoms with van der Waals surface area (Å²) in [5.41, 5.74) is 22.9. The zero-order valence-corrected chi connectivity index (χ0v) is 80.3. The van der Waals surface area contributed by atoms with Crippen molar-refractivity contribution < 1.29 is 9.60 Å². The first-order valence-corrected chi connectivity index (χ1v) is 50.5. The third kappa shape index (κ3) is 13.3. The highest BCUT2D eigenvalue weighted by Gasteiger charge is 2.27. The van der Waals surface area contributed by atoms with Gasteiger partial charge in [0, 0.05) is 114 Å². The lowest BCUT2D eigenvalue weighted by Gasteiger charge is -2.14. The number of para-hydroxylation sites is 9. The second kappa shape index (κ2) is 33.6. The van der Waals surface area contributed by atoms with Gasteiger partial charge in [-0.1, -0.05) is 370 Å². The van der Waals surface area contributed by atoms with E-state index < -0.39 is 30.2 Å². The quantitative estimate of drug-likeness (QED) is 0.142. The highest BCUT2D eigenvalue weighted by atomic mass is 15.2. The van der Waals surface area contributed by atoms with Crippen LogP contribution in [0.2, 0.25) is 0 Å². The lowest BCUT2D eigenvalue weighted by atomic mass is 10.0. The third-order valence-corrected chi connectivity index (χ3v) is 30.3. The van der Waals surface area contributed by atoms with E-state index in [9.17, 15) is 0 Å². The Kier molecular flexibility index (Phi) is 17.3. The molecule has 0 saturated carbocycles. The first-order chi connectivity index (χ1) is 77.3. The fraction of sp³-hybridized carbons (Fsp3) is 0. The topological polar surface area (TPSA) is 107 Å². The van der Waals surface area contributed by atoms with Crippen LogP contribution in [0, 0.1) is 0 Å². The summed E-state index contributed by atoms with van der Waals surface area (Å²) >= 11 is 0. The molecule has 9 aromatic heterocycles. The first kappa shape index (κ1) is 77.3. The van der Waals surface area contributed by atoms with Crippen molar-refractivity contribution in [2.45, 2.75) is 0 Å². The molecule has 696 valence electrons. The van der Waals surface area contributed by atoms with Crippen molar-refractivity contribution in [2.75, 3.05) is 0 Å². The van der Waals surface area contributed by atoms with Crippen molar-refractivity contribution in [1.29, 1.82) is 0 Å². The number of hydrogen-bond donors (Lipinski definition) is 0. The Morgan fingerprint density at radius 1 is 0.147 bits per heavy atom. The molecule has 0 radical (unpaired) electrons. The summed E-state index contributed by atoms with van der Waals surface area (Å²) in [5.74, 6) is 1.86. The highest BCUT2D eigenvalue weighted by Crippen LogP contribution is 2.47. The van der Waals surface area contributed by atoms with Gasteiger partial charge in [0.1, 0.15) is 0 Å². The molecule has 9 heterocycles. The smallest absolute Gasteiger partial charge is 0.235 e. The summed E-state index contributed by atoms with van der Waals surface area (Å²) in [6.45, 7) is 0. The van der Waals surface area contributed by atoms with Crippen molar-refractivity contribution >= 4 is 228 Å². The van der Waals surface area contributed by atoms with E-state index in [1.54, 1.807) is 4.57 Å². The fourth-order valence-corrected chi connectivity index (χ4v) is 23.6. The van der Waals surface area contributed by atoms with Gasteiger partial charge >= 0.3 is 0 Å². The SMILES string of the molecule is [2H]c1c([2H])c([2H])c2c(-n3c4ccccc4c4cc(-c5nc(-n6c7ccccc7c7cc8ccccc8cc76)nc6ccccc56)ccc43)c([2H])c([2H])c([2H])c2c1[2H].c1ccc2cc(-n3c4ccccc4c4ccc(-c5nc(-n6c7ccccc7c7cc8ccccc8cc76)nc6ccccc56)cc43)ccc2c1.c1ccc2cc3c(cc2c1)c1ccccc1n3-c1nc(-c2ccc3c4ccccc4n(-c4cccc5ccccc45)c3c2)c2ccccc2n1. The Morgan fingerprint density at radius 3 is 0.900 bits per heavy atom. The summed E-state index contributed by atoms with van der Waals surface area (Å²) in [6, 6.07) is 161. The van der Waals surface area contributed by atoms with Gasteiger partial charge in [-0.2, -0.15) is 0 Å². The largest absolute Gasteiger partial charge is 0.309 e. The molecular formula is C138H84N12. The predicted molar refractivity (Wildman–Crippen MR) is 626 cm³/mol. The summed E-state index contributed by atoms with van der Waals surface area (Å²) in [4.78, 5) is 31.8. The molecule has 12 nitrogen and oxygen atoms in total. The highest BCUT2D eigenvalue weighted by molar-refractivity contribution is 6.20. The molecule has 0 saturated heterocycles. The minimum atomic E-state index is -0.485. The lowest BCUT2D eigenvalue weighted by Crippen LogP contribution is -2.03. The second-order valence-corrected chi connectivity index (χ2v) is 38.6. The maximum absolute atomic E-state index is 9.15. The molecule has 0 N–H and O–H groups in total. The number of hydrogen-bond acceptors (Lipinski definition) is 6. The Bertz CT molecular complexity index is 12000. The molecule has 0 aliphatic rings. The van der Waals surface area contributed by atoms with Crippen molar-refractivity contribution in [2.24, 2.45) is 0 Å². The molecule has 0 spiro atoms. The molecule has 33 aromatic rings. The average molecular weight is 1920 g/mol. The zero-order chi connectivity index (χ0) is 104. The molecule has 24 aromatic carbocycles. The number of benzene rings is 24. The van der Waals surface area contributed by atoms with Crippen LogP contribution in [-0.4, -0.2) is 57.3 Å². The number of fused-ring (bicyclic) bond motifs is 27. The van der Waals surface area contributed by atoms with Crippen LogP contribution in [0.4, 0.5) is 0 Å². The zero-order valence-electron chi connectivity index (χ0n) is 87.3. The van der Waals surface area contributed by atoms with Crippen molar-refractivity contribution in [3.63, 3.8) is 0 Å². The van der Waals surface area contributed by atoms with Crippen LogP contribution in [0.5, 0.6) is 0 Å². The van der Waals surface area contributed by atoms with E-state index >= 15 is 0 Å². The van der Waals surface area contributed by atoms with Crippen LogP contribution in [0.15, 0.2) is 509 Å². The normalized spacial score (nSPS) is 12.7. The summed E-state index contributed by atoms with van der Waals surface area (Å²) in [5, 5.41) is 28.4. The maximum Gasteiger partial charge on any atom is 0.235 e. The van der Waals surface area contributed by atoms with Crippen LogP contribution in [-0.2, 0) is 0 Å². The van der Waals surface area contributed by atoms with Gasteiger partial charge in [0.05, 0.1) is 121 Å². The molecule has 0 atom stereocenters. The summed E-state index contributed by atoms with van der Waals surface area (Å²) in [7, 11) is 0. The van der Waals surface area contributed by atoms with Gasteiger partial charge in [-0.15, -0.1) is 0 Å². The van der Waals surface area contributed by atoms with E-state index in [2.05, 4.69) is 411 Å². The molecular weight excluding hydrogens is 1830 g/mol. The number of nitrogens with zero attached hydrogens (tertiary/aromatic N) is 12. The van der Waals surface area contributed by atoms with Crippen molar-refractivity contribution in [1.82, 2.24) is 57.3 Å². The van der Waals surface area contributed by atoms with E-state index in [0.29, 0.717) is 28.9 Å². The Morgan fingerprint density at radius 2 is 0.447 bits per heavy atom. The molecule has 0 aliphatic carbocycles. The van der Waals surface area contributed by atoms with Crippen LogP contribution in [0.25, 0.3) is 297 Å². The second-order valence-electron chi connectivity index (χ2n) is 38.6.